The fourth-order valence-electron chi connectivity index (χ4n) is 2.03. The van der Waals surface area contributed by atoms with Crippen molar-refractivity contribution in [3.63, 3.8) is 0 Å². The van der Waals surface area contributed by atoms with Crippen molar-refractivity contribution in [2.45, 2.75) is 32.4 Å². The highest BCUT2D eigenvalue weighted by Crippen LogP contribution is 2.15. The molecule has 0 saturated heterocycles. The second-order valence-electron chi connectivity index (χ2n) is 6.99. The Morgan fingerprint density at radius 2 is 1.81 bits per heavy atom. The molecule has 1 aromatic rings. The standard InChI is InChI=1S/C18H31N3O3S.HI/c1-15-7-9-16(10-8-15)24-13-12-21(6)17(19-5)20-11-14-25(22,23)18(2,3)4;/h7-10H,11-14H2,1-6H3,(H,19,20);1H. The Kier molecular flexibility index (Phi) is 10.5. The minimum Gasteiger partial charge on any atom is -0.492 e. The van der Waals surface area contributed by atoms with Gasteiger partial charge in [0.2, 0.25) is 0 Å². The van der Waals surface area contributed by atoms with Crippen LogP contribution in [-0.2, 0) is 9.84 Å². The summed E-state index contributed by atoms with van der Waals surface area (Å²) in [6.45, 7) is 8.66. The van der Waals surface area contributed by atoms with Crippen LogP contribution in [0.1, 0.15) is 26.3 Å². The lowest BCUT2D eigenvalue weighted by atomic mass is 10.2. The first-order valence-electron chi connectivity index (χ1n) is 8.40. The number of sulfone groups is 1. The summed E-state index contributed by atoms with van der Waals surface area (Å²) in [5, 5.41) is 3.09. The van der Waals surface area contributed by atoms with Gasteiger partial charge >= 0.3 is 0 Å². The molecule has 1 rings (SSSR count). The van der Waals surface area contributed by atoms with Gasteiger partial charge in [0.25, 0.3) is 0 Å². The van der Waals surface area contributed by atoms with Crippen molar-refractivity contribution in [3.8, 4) is 5.75 Å². The molecule has 1 aromatic carbocycles. The van der Waals surface area contributed by atoms with E-state index in [2.05, 4.69) is 10.3 Å². The van der Waals surface area contributed by atoms with Crippen LogP contribution in [0.4, 0.5) is 0 Å². The third kappa shape index (κ3) is 8.11. The molecule has 0 radical (unpaired) electrons. The van der Waals surface area contributed by atoms with E-state index >= 15 is 0 Å². The number of aryl methyl sites for hydroxylation is 1. The van der Waals surface area contributed by atoms with Crippen molar-refractivity contribution < 1.29 is 13.2 Å². The highest BCUT2D eigenvalue weighted by atomic mass is 127. The molecule has 26 heavy (non-hydrogen) atoms. The van der Waals surface area contributed by atoms with Crippen molar-refractivity contribution in [3.05, 3.63) is 29.8 Å². The lowest BCUT2D eigenvalue weighted by molar-refractivity contribution is 0.281. The summed E-state index contributed by atoms with van der Waals surface area (Å²) < 4.78 is 29.2. The van der Waals surface area contributed by atoms with Crippen LogP contribution in [0.15, 0.2) is 29.3 Å². The molecule has 0 spiro atoms. The molecule has 0 aromatic heterocycles. The number of rotatable bonds is 7. The number of hydrogen-bond donors (Lipinski definition) is 1. The second-order valence-corrected chi connectivity index (χ2v) is 9.85. The van der Waals surface area contributed by atoms with Crippen molar-refractivity contribution in [1.82, 2.24) is 10.2 Å². The van der Waals surface area contributed by atoms with Crippen molar-refractivity contribution >= 4 is 39.8 Å². The van der Waals surface area contributed by atoms with Gasteiger partial charge in [-0.05, 0) is 39.8 Å². The average Bonchev–Trinajstić information content (AvgIpc) is 2.52. The van der Waals surface area contributed by atoms with Crippen LogP contribution < -0.4 is 10.1 Å². The fourth-order valence-corrected chi connectivity index (χ4v) is 3.01. The molecular formula is C18H32IN3O3S. The van der Waals surface area contributed by atoms with E-state index < -0.39 is 14.6 Å². The SMILES string of the molecule is CN=C(NCCS(=O)(=O)C(C)(C)C)N(C)CCOc1ccc(C)cc1.I. The molecule has 0 saturated carbocycles. The number of likely N-dealkylation sites (N-methyl/N-ethyl adjacent to an activating group) is 1. The minimum atomic E-state index is -3.14. The summed E-state index contributed by atoms with van der Waals surface area (Å²) in [5.41, 5.74) is 1.19. The highest BCUT2D eigenvalue weighted by Gasteiger charge is 2.28. The van der Waals surface area contributed by atoms with E-state index in [1.807, 2.05) is 43.1 Å². The molecule has 0 aliphatic heterocycles. The Labute approximate surface area is 175 Å². The molecule has 150 valence electrons. The highest BCUT2D eigenvalue weighted by molar-refractivity contribution is 14.0. The third-order valence-electron chi connectivity index (χ3n) is 3.88. The number of nitrogens with one attached hydrogen (secondary N) is 1. The molecule has 0 amide bonds. The molecule has 1 N–H and O–H groups in total. The lowest BCUT2D eigenvalue weighted by Gasteiger charge is -2.23. The molecule has 0 aliphatic carbocycles. The Morgan fingerprint density at radius 1 is 1.23 bits per heavy atom. The molecular weight excluding hydrogens is 465 g/mol. The summed E-state index contributed by atoms with van der Waals surface area (Å²) in [4.78, 5) is 6.10. The summed E-state index contributed by atoms with van der Waals surface area (Å²) in [7, 11) is 0.429. The predicted molar refractivity (Wildman–Crippen MR) is 120 cm³/mol. The van der Waals surface area contributed by atoms with Gasteiger partial charge in [0, 0.05) is 20.6 Å². The number of halogens is 1. The topological polar surface area (TPSA) is 71.0 Å². The lowest BCUT2D eigenvalue weighted by Crippen LogP contribution is -2.43. The van der Waals surface area contributed by atoms with Crippen molar-refractivity contribution in [2.75, 3.05) is 39.5 Å². The predicted octanol–water partition coefficient (Wildman–Crippen LogP) is 2.71. The minimum absolute atomic E-state index is 0. The Morgan fingerprint density at radius 3 is 2.31 bits per heavy atom. The van der Waals surface area contributed by atoms with E-state index in [-0.39, 0.29) is 29.7 Å². The number of nitrogens with zero attached hydrogens (tertiary/aromatic N) is 2. The smallest absolute Gasteiger partial charge is 0.193 e. The second kappa shape index (κ2) is 11.0. The summed E-state index contributed by atoms with van der Waals surface area (Å²) in [6, 6.07) is 7.91. The Hall–Kier alpha value is -1.03. The van der Waals surface area contributed by atoms with Crippen LogP contribution in [-0.4, -0.2) is 63.6 Å². The molecule has 0 aliphatic rings. The van der Waals surface area contributed by atoms with E-state index in [9.17, 15) is 8.42 Å². The van der Waals surface area contributed by atoms with Gasteiger partial charge in [0.05, 0.1) is 17.0 Å². The van der Waals surface area contributed by atoms with Gasteiger partial charge < -0.3 is 15.0 Å². The molecule has 0 heterocycles. The van der Waals surface area contributed by atoms with E-state index in [1.165, 1.54) is 5.56 Å². The monoisotopic (exact) mass is 497 g/mol. The fraction of sp³-hybridized carbons (Fsp3) is 0.611. The van der Waals surface area contributed by atoms with Crippen LogP contribution in [0.25, 0.3) is 0 Å². The zero-order valence-electron chi connectivity index (χ0n) is 16.6. The molecule has 0 bridgehead atoms. The maximum Gasteiger partial charge on any atom is 0.193 e. The zero-order valence-corrected chi connectivity index (χ0v) is 19.7. The van der Waals surface area contributed by atoms with E-state index in [1.54, 1.807) is 27.8 Å². The molecule has 0 unspecified atom stereocenters. The number of aliphatic imine (C=N–C) groups is 1. The normalized spacial score (nSPS) is 12.3. The van der Waals surface area contributed by atoms with Gasteiger partial charge in [-0.1, -0.05) is 17.7 Å². The van der Waals surface area contributed by atoms with Gasteiger partial charge in [-0.15, -0.1) is 24.0 Å². The number of ether oxygens (including phenoxy) is 1. The van der Waals surface area contributed by atoms with Gasteiger partial charge in [-0.3, -0.25) is 4.99 Å². The number of guanidine groups is 1. The summed E-state index contributed by atoms with van der Waals surface area (Å²) in [6.07, 6.45) is 0. The largest absolute Gasteiger partial charge is 0.492 e. The molecule has 6 nitrogen and oxygen atoms in total. The molecule has 0 atom stereocenters. The average molecular weight is 497 g/mol. The van der Waals surface area contributed by atoms with Gasteiger partial charge in [-0.2, -0.15) is 0 Å². The van der Waals surface area contributed by atoms with Crippen LogP contribution in [0.3, 0.4) is 0 Å². The zero-order chi connectivity index (χ0) is 19.1. The van der Waals surface area contributed by atoms with Gasteiger partial charge in [-0.25, -0.2) is 8.42 Å². The first kappa shape index (κ1) is 25.0. The third-order valence-corrected chi connectivity index (χ3v) is 6.48. The van der Waals surface area contributed by atoms with E-state index in [4.69, 9.17) is 4.74 Å². The Bertz CT molecular complexity index is 668. The quantitative estimate of drug-likeness (QED) is 0.357. The first-order valence-corrected chi connectivity index (χ1v) is 10.1. The Balaban J connectivity index is 0.00000625. The van der Waals surface area contributed by atoms with E-state index in [0.717, 1.165) is 5.75 Å². The number of hydrogen-bond acceptors (Lipinski definition) is 4. The van der Waals surface area contributed by atoms with Crippen LogP contribution in [0.5, 0.6) is 5.75 Å². The first-order chi connectivity index (χ1) is 11.6. The molecule has 8 heteroatoms. The van der Waals surface area contributed by atoms with Gasteiger partial charge in [0.1, 0.15) is 12.4 Å². The maximum atomic E-state index is 12.1. The van der Waals surface area contributed by atoms with Crippen LogP contribution >= 0.6 is 24.0 Å². The summed E-state index contributed by atoms with van der Waals surface area (Å²) >= 11 is 0. The van der Waals surface area contributed by atoms with E-state index in [0.29, 0.717) is 25.7 Å². The maximum absolute atomic E-state index is 12.1. The van der Waals surface area contributed by atoms with Crippen LogP contribution in [0, 0.1) is 6.92 Å². The van der Waals surface area contributed by atoms with Crippen molar-refractivity contribution in [2.24, 2.45) is 4.99 Å². The summed E-state index contributed by atoms with van der Waals surface area (Å²) in [5.74, 6) is 1.55. The molecule has 0 fully saturated rings. The van der Waals surface area contributed by atoms with Gasteiger partial charge in [0.15, 0.2) is 15.8 Å². The van der Waals surface area contributed by atoms with Crippen molar-refractivity contribution in [1.29, 1.82) is 0 Å². The van der Waals surface area contributed by atoms with Crippen LogP contribution in [0.2, 0.25) is 0 Å². The number of benzene rings is 1.